The van der Waals surface area contributed by atoms with Gasteiger partial charge in [0.15, 0.2) is 5.65 Å². The Balaban J connectivity index is 1.36. The van der Waals surface area contributed by atoms with Gasteiger partial charge in [-0.1, -0.05) is 35.6 Å². The predicted octanol–water partition coefficient (Wildman–Crippen LogP) is 4.69. The fourth-order valence-corrected chi connectivity index (χ4v) is 4.75. The molecule has 1 fully saturated rings. The summed E-state index contributed by atoms with van der Waals surface area (Å²) in [5.74, 6) is 5.55. The number of nitrogens with zero attached hydrogens (tertiary/aromatic N) is 5. The van der Waals surface area contributed by atoms with Crippen molar-refractivity contribution in [3.63, 3.8) is 0 Å². The Bertz CT molecular complexity index is 1680. The summed E-state index contributed by atoms with van der Waals surface area (Å²) in [6, 6.07) is 10.4. The van der Waals surface area contributed by atoms with Crippen LogP contribution in [-0.2, 0) is 12.7 Å². The first-order valence-corrected chi connectivity index (χ1v) is 13.2. The monoisotopic (exact) mass is 581 g/mol. The van der Waals surface area contributed by atoms with Gasteiger partial charge in [0.25, 0.3) is 5.91 Å². The van der Waals surface area contributed by atoms with Crippen molar-refractivity contribution < 1.29 is 18.0 Å². The third-order valence-corrected chi connectivity index (χ3v) is 7.25. The Morgan fingerprint density at radius 1 is 1.07 bits per heavy atom. The molecule has 0 atom stereocenters. The Hall–Kier alpha value is -4.11. The number of halogens is 4. The summed E-state index contributed by atoms with van der Waals surface area (Å²) in [5, 5.41) is 7.01. The highest BCUT2D eigenvalue weighted by Gasteiger charge is 2.34. The number of anilines is 2. The minimum absolute atomic E-state index is 0.0600. The summed E-state index contributed by atoms with van der Waals surface area (Å²) >= 11 is 6.33. The van der Waals surface area contributed by atoms with Gasteiger partial charge in [0.05, 0.1) is 16.1 Å². The third kappa shape index (κ3) is 6.62. The highest BCUT2D eigenvalue weighted by Crippen LogP contribution is 2.35. The van der Waals surface area contributed by atoms with Crippen molar-refractivity contribution >= 4 is 34.8 Å². The molecule has 3 N–H and O–H groups in total. The van der Waals surface area contributed by atoms with Gasteiger partial charge in [-0.25, -0.2) is 4.52 Å². The molecule has 0 unspecified atom stereocenters. The second kappa shape index (κ2) is 11.4. The van der Waals surface area contributed by atoms with E-state index in [4.69, 9.17) is 17.3 Å². The van der Waals surface area contributed by atoms with Gasteiger partial charge in [0.2, 0.25) is 5.95 Å². The van der Waals surface area contributed by atoms with Crippen LogP contribution in [0.4, 0.5) is 24.8 Å². The van der Waals surface area contributed by atoms with Gasteiger partial charge in [-0.05, 0) is 49.4 Å². The molecule has 8 nitrogen and oxygen atoms in total. The maximum absolute atomic E-state index is 14.0. The number of aryl methyl sites for hydroxylation is 1. The number of nitrogen functional groups attached to an aromatic ring is 1. The Kier molecular flexibility index (Phi) is 7.91. The Morgan fingerprint density at radius 3 is 2.54 bits per heavy atom. The number of carbonyl (C=O) groups excluding carboxylic acids is 1. The molecule has 4 aromatic rings. The van der Waals surface area contributed by atoms with E-state index in [0.29, 0.717) is 34.9 Å². The van der Waals surface area contributed by atoms with Gasteiger partial charge in [0, 0.05) is 61.8 Å². The number of fused-ring (bicyclic) bond motifs is 1. The quantitative estimate of drug-likeness (QED) is 0.340. The molecule has 0 spiro atoms. The zero-order valence-corrected chi connectivity index (χ0v) is 23.1. The van der Waals surface area contributed by atoms with E-state index >= 15 is 0 Å². The van der Waals surface area contributed by atoms with Crippen molar-refractivity contribution in [1.82, 2.24) is 24.4 Å². The number of carbonyl (C=O) groups is 1. The number of pyridine rings is 1. The molecule has 0 aliphatic carbocycles. The smallest absolute Gasteiger partial charge is 0.366 e. The SMILES string of the molecule is Cc1ccc(C(=O)Nc2ccc(CN3CCN(C)CC3)c(C(F)(F)F)c2)cc1C#Cc1cn2nc(N)nc2cc1Cl. The Labute approximate surface area is 239 Å². The molecule has 1 aliphatic heterocycles. The molecular weight excluding hydrogens is 555 g/mol. The van der Waals surface area contributed by atoms with E-state index in [1.54, 1.807) is 30.5 Å². The fourth-order valence-electron chi connectivity index (χ4n) is 4.55. The number of alkyl halides is 3. The van der Waals surface area contributed by atoms with Crippen LogP contribution >= 0.6 is 11.6 Å². The largest absolute Gasteiger partial charge is 0.416 e. The first-order valence-electron chi connectivity index (χ1n) is 12.8. The normalized spacial score (nSPS) is 14.6. The molecule has 5 rings (SSSR count). The number of piperazine rings is 1. The third-order valence-electron chi connectivity index (χ3n) is 6.93. The zero-order chi connectivity index (χ0) is 29.3. The summed E-state index contributed by atoms with van der Waals surface area (Å²) in [6.45, 7) is 5.03. The van der Waals surface area contributed by atoms with E-state index in [0.717, 1.165) is 24.7 Å². The van der Waals surface area contributed by atoms with Crippen LogP contribution in [0.5, 0.6) is 0 Å². The number of nitrogens with one attached hydrogen (secondary N) is 1. The minimum atomic E-state index is -4.56. The summed E-state index contributed by atoms with van der Waals surface area (Å²) in [4.78, 5) is 21.2. The average molecular weight is 582 g/mol. The van der Waals surface area contributed by atoms with Gasteiger partial charge < -0.3 is 16.0 Å². The van der Waals surface area contributed by atoms with Crippen LogP contribution in [0.3, 0.4) is 0 Å². The van der Waals surface area contributed by atoms with Crippen LogP contribution in [-0.4, -0.2) is 63.5 Å². The maximum Gasteiger partial charge on any atom is 0.416 e. The van der Waals surface area contributed by atoms with E-state index in [9.17, 15) is 18.0 Å². The number of rotatable bonds is 4. The number of benzene rings is 2. The lowest BCUT2D eigenvalue weighted by molar-refractivity contribution is -0.138. The van der Waals surface area contributed by atoms with Gasteiger partial charge in [-0.15, -0.1) is 5.10 Å². The number of aromatic nitrogens is 3. The van der Waals surface area contributed by atoms with Gasteiger partial charge in [-0.2, -0.15) is 18.2 Å². The van der Waals surface area contributed by atoms with E-state index in [1.807, 2.05) is 18.9 Å². The van der Waals surface area contributed by atoms with E-state index in [2.05, 4.69) is 32.1 Å². The molecular formula is C29H27ClF3N7O. The lowest BCUT2D eigenvalue weighted by Crippen LogP contribution is -2.44. The fraction of sp³-hybridized carbons (Fsp3) is 0.276. The second-order valence-electron chi connectivity index (χ2n) is 9.99. The summed E-state index contributed by atoms with van der Waals surface area (Å²) in [7, 11) is 1.99. The van der Waals surface area contributed by atoms with Gasteiger partial charge in [0.1, 0.15) is 0 Å². The second-order valence-corrected chi connectivity index (χ2v) is 10.4. The van der Waals surface area contributed by atoms with Crippen LogP contribution in [0.1, 0.15) is 38.2 Å². The summed E-state index contributed by atoms with van der Waals surface area (Å²) < 4.78 is 43.4. The van der Waals surface area contributed by atoms with E-state index in [-0.39, 0.29) is 29.3 Å². The molecule has 12 heteroatoms. The van der Waals surface area contributed by atoms with Crippen LogP contribution in [0.2, 0.25) is 5.02 Å². The minimum Gasteiger partial charge on any atom is -0.366 e. The standard InChI is InChI=1S/C29H27ClF3N7O/c1-18-3-4-20(13-19(18)5-6-22-17-40-26(15-25(22)30)36-28(34)37-40)27(41)35-23-8-7-21(24(14-23)29(31,32)33)16-39-11-9-38(2)10-12-39/h3-4,7-8,13-15,17H,9-12,16H2,1-2H3,(H2,34,37)(H,35,41). The van der Waals surface area contributed by atoms with Crippen LogP contribution in [0.15, 0.2) is 48.7 Å². The number of likely N-dealkylation sites (N-methyl/N-ethyl adjacent to an activating group) is 1. The molecule has 0 bridgehead atoms. The molecule has 212 valence electrons. The van der Waals surface area contributed by atoms with Gasteiger partial charge in [-0.3, -0.25) is 9.69 Å². The molecule has 0 saturated carbocycles. The van der Waals surface area contributed by atoms with Crippen molar-refractivity contribution in [2.75, 3.05) is 44.3 Å². The number of nitrogens with two attached hydrogens (primary N) is 1. The van der Waals surface area contributed by atoms with Crippen molar-refractivity contribution in [2.45, 2.75) is 19.6 Å². The zero-order valence-electron chi connectivity index (χ0n) is 22.4. The first kappa shape index (κ1) is 28.4. The van der Waals surface area contributed by atoms with Crippen molar-refractivity contribution in [1.29, 1.82) is 0 Å². The van der Waals surface area contributed by atoms with Crippen LogP contribution < -0.4 is 11.1 Å². The van der Waals surface area contributed by atoms with Crippen molar-refractivity contribution in [2.24, 2.45) is 0 Å². The molecule has 0 radical (unpaired) electrons. The molecule has 41 heavy (non-hydrogen) atoms. The molecule has 1 aliphatic rings. The highest BCUT2D eigenvalue weighted by molar-refractivity contribution is 6.32. The predicted molar refractivity (Wildman–Crippen MR) is 152 cm³/mol. The van der Waals surface area contributed by atoms with Crippen molar-refractivity contribution in [3.05, 3.63) is 87.1 Å². The van der Waals surface area contributed by atoms with Crippen LogP contribution in [0, 0.1) is 18.8 Å². The molecule has 2 aromatic heterocycles. The lowest BCUT2D eigenvalue weighted by atomic mass is 10.0. The maximum atomic E-state index is 14.0. The first-order chi connectivity index (χ1) is 19.5. The summed E-state index contributed by atoms with van der Waals surface area (Å²) in [5.41, 5.74) is 7.70. The lowest BCUT2D eigenvalue weighted by Gasteiger charge is -2.33. The average Bonchev–Trinajstić information content (AvgIpc) is 3.28. The molecule has 2 aromatic carbocycles. The van der Waals surface area contributed by atoms with Crippen molar-refractivity contribution in [3.8, 4) is 11.8 Å². The molecule has 3 heterocycles. The topological polar surface area (TPSA) is 91.8 Å². The number of amides is 1. The molecule has 1 amide bonds. The van der Waals surface area contributed by atoms with Crippen LogP contribution in [0.25, 0.3) is 5.65 Å². The Morgan fingerprint density at radius 2 is 1.80 bits per heavy atom. The van der Waals surface area contributed by atoms with Gasteiger partial charge >= 0.3 is 6.18 Å². The summed E-state index contributed by atoms with van der Waals surface area (Å²) in [6.07, 6.45) is -2.96. The molecule has 1 saturated heterocycles. The number of hydrogen-bond donors (Lipinski definition) is 2. The number of hydrogen-bond acceptors (Lipinski definition) is 6. The van der Waals surface area contributed by atoms with E-state index < -0.39 is 17.6 Å². The van der Waals surface area contributed by atoms with E-state index in [1.165, 1.54) is 16.6 Å². The highest BCUT2D eigenvalue weighted by atomic mass is 35.5.